The lowest BCUT2D eigenvalue weighted by atomic mass is 10.3. The summed E-state index contributed by atoms with van der Waals surface area (Å²) in [4.78, 5) is 0. The Kier molecular flexibility index (Phi) is 2.81. The first-order valence-corrected chi connectivity index (χ1v) is 7.87. The minimum absolute atomic E-state index is 0.213. The quantitative estimate of drug-likeness (QED) is 0.513. The Morgan fingerprint density at radius 2 is 1.64 bits per heavy atom. The Bertz CT molecular complexity index is 258. The van der Waals surface area contributed by atoms with Crippen LogP contribution >= 0.6 is 33.2 Å². The highest BCUT2D eigenvalue weighted by atomic mass is 35.8. The summed E-state index contributed by atoms with van der Waals surface area (Å²) in [5, 5.41) is 0.213. The SMILES string of the molecule is Fc1ccccc1[Si](Cl)(Cl)Cl. The summed E-state index contributed by atoms with van der Waals surface area (Å²) in [5.41, 5.74) is 0. The lowest BCUT2D eigenvalue weighted by Gasteiger charge is -2.07. The van der Waals surface area contributed by atoms with E-state index in [1.54, 1.807) is 12.1 Å². The Balaban J connectivity index is 3.14. The van der Waals surface area contributed by atoms with E-state index in [4.69, 9.17) is 33.2 Å². The van der Waals surface area contributed by atoms with Crippen molar-refractivity contribution < 1.29 is 4.39 Å². The van der Waals surface area contributed by atoms with Crippen molar-refractivity contribution in [1.82, 2.24) is 0 Å². The van der Waals surface area contributed by atoms with Crippen LogP contribution in [0.1, 0.15) is 0 Å². The highest BCUT2D eigenvalue weighted by molar-refractivity contribution is 7.69. The van der Waals surface area contributed by atoms with Crippen LogP contribution in [0.4, 0.5) is 4.39 Å². The molecule has 1 aromatic rings. The molecule has 60 valence electrons. The molecule has 0 saturated carbocycles. The van der Waals surface area contributed by atoms with Gasteiger partial charge in [-0.25, -0.2) is 4.39 Å². The fraction of sp³-hybridized carbons (Fsp3) is 0. The van der Waals surface area contributed by atoms with Crippen LogP contribution in [0, 0.1) is 5.82 Å². The van der Waals surface area contributed by atoms with Gasteiger partial charge in [-0.2, -0.15) is 0 Å². The van der Waals surface area contributed by atoms with Crippen LogP contribution in [-0.2, 0) is 0 Å². The van der Waals surface area contributed by atoms with Gasteiger partial charge in [-0.3, -0.25) is 0 Å². The maximum absolute atomic E-state index is 12.9. The summed E-state index contributed by atoms with van der Waals surface area (Å²) in [7, 11) is 0. The number of benzene rings is 1. The molecule has 0 nitrogen and oxygen atoms in total. The molecule has 0 saturated heterocycles. The molecular formula is C6H4Cl3FSi. The summed E-state index contributed by atoms with van der Waals surface area (Å²) in [6, 6.07) is 2.95. The van der Waals surface area contributed by atoms with Gasteiger partial charge >= 0.3 is 6.00 Å². The monoisotopic (exact) mass is 228 g/mol. The van der Waals surface area contributed by atoms with E-state index in [-0.39, 0.29) is 5.19 Å². The average Bonchev–Trinajstić information content (AvgIpc) is 1.86. The van der Waals surface area contributed by atoms with E-state index < -0.39 is 11.8 Å². The van der Waals surface area contributed by atoms with Gasteiger partial charge in [0.15, 0.2) is 0 Å². The Hall–Kier alpha value is 0.237. The zero-order chi connectivity index (χ0) is 8.48. The van der Waals surface area contributed by atoms with Crippen LogP contribution in [0.2, 0.25) is 0 Å². The first kappa shape index (κ1) is 9.33. The first-order valence-electron chi connectivity index (χ1n) is 2.83. The number of hydrogen-bond acceptors (Lipinski definition) is 0. The predicted molar refractivity (Wildman–Crippen MR) is 49.3 cm³/mol. The van der Waals surface area contributed by atoms with Crippen LogP contribution in [0.5, 0.6) is 0 Å². The van der Waals surface area contributed by atoms with Crippen molar-refractivity contribution in [2.75, 3.05) is 0 Å². The summed E-state index contributed by atoms with van der Waals surface area (Å²) in [6.45, 7) is 0. The van der Waals surface area contributed by atoms with Crippen molar-refractivity contribution in [3.63, 3.8) is 0 Å². The molecule has 0 unspecified atom stereocenters. The lowest BCUT2D eigenvalue weighted by Crippen LogP contribution is -2.32. The summed E-state index contributed by atoms with van der Waals surface area (Å²) in [6.07, 6.45) is 0. The lowest BCUT2D eigenvalue weighted by molar-refractivity contribution is 0.636. The molecule has 1 aromatic carbocycles. The van der Waals surface area contributed by atoms with Crippen LogP contribution in [0.25, 0.3) is 0 Å². The van der Waals surface area contributed by atoms with Gasteiger partial charge in [-0.15, -0.1) is 33.2 Å². The molecule has 0 aromatic heterocycles. The smallest absolute Gasteiger partial charge is 0.207 e. The van der Waals surface area contributed by atoms with Crippen LogP contribution in [-0.4, -0.2) is 6.00 Å². The molecule has 0 N–H and O–H groups in total. The van der Waals surface area contributed by atoms with Gasteiger partial charge in [0, 0.05) is 5.19 Å². The third kappa shape index (κ3) is 2.34. The molecule has 0 amide bonds. The van der Waals surface area contributed by atoms with Crippen LogP contribution in [0.3, 0.4) is 0 Å². The fourth-order valence-electron chi connectivity index (χ4n) is 0.691. The van der Waals surface area contributed by atoms with Crippen molar-refractivity contribution in [2.24, 2.45) is 0 Å². The fourth-order valence-corrected chi connectivity index (χ4v) is 2.71. The van der Waals surface area contributed by atoms with Gasteiger partial charge in [-0.1, -0.05) is 18.2 Å². The molecule has 0 aliphatic rings. The van der Waals surface area contributed by atoms with E-state index in [9.17, 15) is 4.39 Å². The first-order chi connectivity index (χ1) is 5.02. The largest absolute Gasteiger partial charge is 0.375 e. The topological polar surface area (TPSA) is 0 Å². The van der Waals surface area contributed by atoms with E-state index in [0.717, 1.165) is 0 Å². The highest BCUT2D eigenvalue weighted by Crippen LogP contribution is 2.20. The normalized spacial score (nSPS) is 11.6. The predicted octanol–water partition coefficient (Wildman–Crippen LogP) is 2.69. The minimum atomic E-state index is -3.04. The van der Waals surface area contributed by atoms with Crippen molar-refractivity contribution in [1.29, 1.82) is 0 Å². The minimum Gasteiger partial charge on any atom is -0.207 e. The average molecular weight is 230 g/mol. The van der Waals surface area contributed by atoms with Gasteiger partial charge in [0.05, 0.1) is 0 Å². The van der Waals surface area contributed by atoms with Crippen LogP contribution < -0.4 is 5.19 Å². The second-order valence-electron chi connectivity index (χ2n) is 1.98. The Labute approximate surface area is 79.0 Å². The molecule has 0 aliphatic heterocycles. The molecule has 0 atom stereocenters. The van der Waals surface area contributed by atoms with Gasteiger partial charge in [0.2, 0.25) is 0 Å². The van der Waals surface area contributed by atoms with E-state index in [2.05, 4.69) is 0 Å². The zero-order valence-corrected chi connectivity index (χ0v) is 8.59. The van der Waals surface area contributed by atoms with E-state index in [1.807, 2.05) is 0 Å². The molecule has 0 bridgehead atoms. The van der Waals surface area contributed by atoms with Crippen LogP contribution in [0.15, 0.2) is 24.3 Å². The summed E-state index contributed by atoms with van der Waals surface area (Å²) in [5.74, 6) is -0.445. The molecule has 11 heavy (non-hydrogen) atoms. The van der Waals surface area contributed by atoms with Gasteiger partial charge < -0.3 is 0 Å². The zero-order valence-electron chi connectivity index (χ0n) is 5.32. The van der Waals surface area contributed by atoms with E-state index in [0.29, 0.717) is 0 Å². The molecule has 0 radical (unpaired) electrons. The number of hydrogen-bond donors (Lipinski definition) is 0. The second kappa shape index (κ2) is 3.31. The van der Waals surface area contributed by atoms with E-state index >= 15 is 0 Å². The highest BCUT2D eigenvalue weighted by Gasteiger charge is 2.30. The third-order valence-electron chi connectivity index (χ3n) is 1.18. The maximum Gasteiger partial charge on any atom is 0.375 e. The van der Waals surface area contributed by atoms with Gasteiger partial charge in [-0.05, 0) is 6.07 Å². The molecule has 0 aliphatic carbocycles. The molecule has 5 heteroatoms. The van der Waals surface area contributed by atoms with Crippen molar-refractivity contribution in [2.45, 2.75) is 0 Å². The summed E-state index contributed by atoms with van der Waals surface area (Å²) >= 11 is 16.8. The molecular weight excluding hydrogens is 226 g/mol. The Morgan fingerprint density at radius 3 is 2.00 bits per heavy atom. The molecule has 0 fully saturated rings. The second-order valence-corrected chi connectivity index (χ2v) is 10.4. The molecule has 1 rings (SSSR count). The number of rotatable bonds is 1. The number of halogens is 4. The van der Waals surface area contributed by atoms with Crippen molar-refractivity contribution in [3.05, 3.63) is 30.1 Å². The van der Waals surface area contributed by atoms with Gasteiger partial charge in [0.1, 0.15) is 5.82 Å². The summed E-state index contributed by atoms with van der Waals surface area (Å²) < 4.78 is 12.9. The molecule has 0 spiro atoms. The van der Waals surface area contributed by atoms with Gasteiger partial charge in [0.25, 0.3) is 0 Å². The van der Waals surface area contributed by atoms with Crippen molar-refractivity contribution in [3.8, 4) is 0 Å². The Morgan fingerprint density at radius 1 is 1.09 bits per heavy atom. The maximum atomic E-state index is 12.9. The van der Waals surface area contributed by atoms with E-state index in [1.165, 1.54) is 12.1 Å². The molecule has 0 heterocycles. The standard InChI is InChI=1S/C6H4Cl3FSi/c7-11(8,9)6-4-2-1-3-5(6)10/h1-4H. The third-order valence-corrected chi connectivity index (χ3v) is 4.03. The van der Waals surface area contributed by atoms with Crippen molar-refractivity contribution >= 4 is 44.4 Å².